The molecule has 9 aromatic rings. The third kappa shape index (κ3) is 4.84. The van der Waals surface area contributed by atoms with Crippen LogP contribution in [0.25, 0.3) is 59.3 Å². The van der Waals surface area contributed by atoms with Gasteiger partial charge in [-0.05, 0) is 59.5 Å². The van der Waals surface area contributed by atoms with E-state index >= 15 is 0 Å². The predicted molar refractivity (Wildman–Crippen MR) is 208 cm³/mol. The Balaban J connectivity index is 1.31. The largest absolute Gasteiger partial charge is 0.462 e. The summed E-state index contributed by atoms with van der Waals surface area (Å²) in [6.45, 7) is 6.70. The van der Waals surface area contributed by atoms with E-state index in [0.717, 1.165) is 56.1 Å². The zero-order valence-electron chi connectivity index (χ0n) is 27.3. The molecule has 0 bridgehead atoms. The van der Waals surface area contributed by atoms with E-state index < -0.39 is 0 Å². The quantitative estimate of drug-likeness (QED) is 0.182. The van der Waals surface area contributed by atoms with Gasteiger partial charge in [0.15, 0.2) is 0 Å². The minimum absolute atomic E-state index is 0.0272. The summed E-state index contributed by atoms with van der Waals surface area (Å²) in [5, 5.41) is 4.09. The lowest BCUT2D eigenvalue weighted by atomic mass is 9.87. The summed E-state index contributed by atoms with van der Waals surface area (Å²) in [5.74, 6) is 0.842. The van der Waals surface area contributed by atoms with Crippen LogP contribution >= 0.6 is 22.9 Å². The molecule has 0 aliphatic heterocycles. The molecule has 0 N–H and O–H groups in total. The van der Waals surface area contributed by atoms with Crippen molar-refractivity contribution in [1.29, 1.82) is 0 Å². The van der Waals surface area contributed by atoms with Crippen LogP contribution in [0, 0.1) is 0 Å². The van der Waals surface area contributed by atoms with Crippen molar-refractivity contribution in [2.45, 2.75) is 26.2 Å². The van der Waals surface area contributed by atoms with E-state index in [9.17, 15) is 0 Å². The summed E-state index contributed by atoms with van der Waals surface area (Å²) >= 11 is 9.43. The highest BCUT2D eigenvalue weighted by molar-refractivity contribution is 7.26. The first kappa shape index (κ1) is 29.8. The van der Waals surface area contributed by atoms with E-state index in [-0.39, 0.29) is 5.41 Å². The lowest BCUT2D eigenvalue weighted by molar-refractivity contribution is 0.590. The standard InChI is InChI=1S/C43H32ClN3OS/c1-43(2,3)28-20-22-29(23-21-28)46(36-26-48-37-18-9-7-15-32(36)37)33-16-11-17-34(39(33)44)47-35-25-24-31-30-14-8-10-19-38(30)49-41(31)40(35)45-42(47)27-12-5-4-6-13-27/h4-26H,1-3H3. The first-order valence-electron chi connectivity index (χ1n) is 16.4. The Labute approximate surface area is 293 Å². The Morgan fingerprint density at radius 2 is 1.43 bits per heavy atom. The van der Waals surface area contributed by atoms with Crippen molar-refractivity contribution in [2.75, 3.05) is 4.90 Å². The first-order chi connectivity index (χ1) is 23.9. The summed E-state index contributed by atoms with van der Waals surface area (Å²) in [7, 11) is 0. The molecule has 9 rings (SSSR count). The van der Waals surface area contributed by atoms with Crippen molar-refractivity contribution in [1.82, 2.24) is 9.55 Å². The van der Waals surface area contributed by atoms with Crippen LogP contribution < -0.4 is 4.90 Å². The Morgan fingerprint density at radius 3 is 2.22 bits per heavy atom. The number of hydrogen-bond donors (Lipinski definition) is 0. The highest BCUT2D eigenvalue weighted by atomic mass is 35.5. The number of rotatable bonds is 5. The van der Waals surface area contributed by atoms with E-state index in [1.54, 1.807) is 11.3 Å². The second kappa shape index (κ2) is 11.4. The lowest BCUT2D eigenvalue weighted by Crippen LogP contribution is -2.13. The molecule has 3 aromatic heterocycles. The molecule has 4 nitrogen and oxygen atoms in total. The molecule has 0 saturated heterocycles. The number of imidazole rings is 1. The van der Waals surface area contributed by atoms with E-state index in [0.29, 0.717) is 5.02 Å². The fraction of sp³-hybridized carbons (Fsp3) is 0.0930. The third-order valence-electron chi connectivity index (χ3n) is 9.33. The molecular formula is C43H32ClN3OS. The summed E-state index contributed by atoms with van der Waals surface area (Å²) in [6, 6.07) is 46.5. The molecule has 0 spiro atoms. The fourth-order valence-corrected chi connectivity index (χ4v) is 8.34. The molecule has 0 fully saturated rings. The first-order valence-corrected chi connectivity index (χ1v) is 17.6. The number of benzene rings is 6. The van der Waals surface area contributed by atoms with Gasteiger partial charge in [-0.3, -0.25) is 4.57 Å². The number of thiophene rings is 1. The van der Waals surface area contributed by atoms with Gasteiger partial charge in [0, 0.05) is 32.1 Å². The van der Waals surface area contributed by atoms with Gasteiger partial charge >= 0.3 is 0 Å². The molecule has 238 valence electrons. The molecule has 0 amide bonds. The normalized spacial score (nSPS) is 12.1. The number of furan rings is 1. The van der Waals surface area contributed by atoms with E-state index in [4.69, 9.17) is 21.0 Å². The van der Waals surface area contributed by atoms with Crippen LogP contribution in [-0.4, -0.2) is 9.55 Å². The van der Waals surface area contributed by atoms with Crippen LogP contribution in [0.15, 0.2) is 144 Å². The van der Waals surface area contributed by atoms with Crippen molar-refractivity contribution >= 4 is 82.2 Å². The predicted octanol–water partition coefficient (Wildman–Crippen LogP) is 13.2. The smallest absolute Gasteiger partial charge is 0.145 e. The second-order valence-electron chi connectivity index (χ2n) is 13.4. The highest BCUT2D eigenvalue weighted by Crippen LogP contribution is 2.47. The van der Waals surface area contributed by atoms with Gasteiger partial charge in [-0.1, -0.05) is 117 Å². The molecule has 6 aromatic carbocycles. The summed E-state index contributed by atoms with van der Waals surface area (Å²) < 4.78 is 10.7. The zero-order chi connectivity index (χ0) is 33.3. The summed E-state index contributed by atoms with van der Waals surface area (Å²) in [6.07, 6.45) is 1.82. The number of halogens is 1. The van der Waals surface area contributed by atoms with Gasteiger partial charge in [-0.25, -0.2) is 4.98 Å². The van der Waals surface area contributed by atoms with Crippen molar-refractivity contribution in [3.05, 3.63) is 150 Å². The summed E-state index contributed by atoms with van der Waals surface area (Å²) in [4.78, 5) is 7.57. The van der Waals surface area contributed by atoms with Crippen LogP contribution in [-0.2, 0) is 5.41 Å². The molecule has 49 heavy (non-hydrogen) atoms. The molecule has 0 radical (unpaired) electrons. The van der Waals surface area contributed by atoms with Crippen LogP contribution in [0.3, 0.4) is 0 Å². The summed E-state index contributed by atoms with van der Waals surface area (Å²) in [5.41, 5.74) is 8.71. The zero-order valence-corrected chi connectivity index (χ0v) is 28.9. The monoisotopic (exact) mass is 673 g/mol. The van der Waals surface area contributed by atoms with E-state index in [1.165, 1.54) is 25.7 Å². The number of para-hydroxylation sites is 1. The maximum absolute atomic E-state index is 7.64. The maximum Gasteiger partial charge on any atom is 0.145 e. The van der Waals surface area contributed by atoms with Crippen LogP contribution in [0.4, 0.5) is 17.1 Å². The Hall–Kier alpha value is -5.36. The molecule has 0 aliphatic carbocycles. The Kier molecular flexibility index (Phi) is 6.90. The number of fused-ring (bicyclic) bond motifs is 6. The number of anilines is 3. The SMILES string of the molecule is CC(C)(C)c1ccc(N(c2cccc(-n3c(-c4ccccc4)nc4c5sc6ccccc6c5ccc43)c2Cl)c2coc3ccccc23)cc1. The van der Waals surface area contributed by atoms with Gasteiger partial charge in [0.25, 0.3) is 0 Å². The van der Waals surface area contributed by atoms with Gasteiger partial charge in [-0.2, -0.15) is 0 Å². The highest BCUT2D eigenvalue weighted by Gasteiger charge is 2.25. The topological polar surface area (TPSA) is 34.2 Å². The number of aromatic nitrogens is 2. The molecule has 0 saturated carbocycles. The second-order valence-corrected chi connectivity index (χ2v) is 14.8. The van der Waals surface area contributed by atoms with Crippen molar-refractivity contribution in [2.24, 2.45) is 0 Å². The van der Waals surface area contributed by atoms with Crippen LogP contribution in [0.5, 0.6) is 0 Å². The number of hydrogen-bond acceptors (Lipinski definition) is 4. The molecular weight excluding hydrogens is 642 g/mol. The van der Waals surface area contributed by atoms with Crippen molar-refractivity contribution < 1.29 is 4.42 Å². The van der Waals surface area contributed by atoms with E-state index in [1.807, 2.05) is 30.5 Å². The Bertz CT molecular complexity index is 2660. The molecule has 3 heterocycles. The van der Waals surface area contributed by atoms with Gasteiger partial charge < -0.3 is 9.32 Å². The maximum atomic E-state index is 7.64. The average molecular weight is 674 g/mol. The number of nitrogens with zero attached hydrogens (tertiary/aromatic N) is 3. The average Bonchev–Trinajstić information content (AvgIpc) is 3.83. The van der Waals surface area contributed by atoms with Gasteiger partial charge in [0.2, 0.25) is 0 Å². The van der Waals surface area contributed by atoms with Gasteiger partial charge in [0.05, 0.1) is 32.3 Å². The third-order valence-corrected chi connectivity index (χ3v) is 10.9. The molecule has 0 unspecified atom stereocenters. The molecule has 6 heteroatoms. The van der Waals surface area contributed by atoms with Gasteiger partial charge in [-0.15, -0.1) is 11.3 Å². The van der Waals surface area contributed by atoms with Gasteiger partial charge in [0.1, 0.15) is 23.2 Å². The van der Waals surface area contributed by atoms with Crippen molar-refractivity contribution in [3.63, 3.8) is 0 Å². The Morgan fingerprint density at radius 1 is 0.694 bits per heavy atom. The minimum atomic E-state index is 0.0272. The van der Waals surface area contributed by atoms with Crippen LogP contribution in [0.2, 0.25) is 5.02 Å². The molecule has 0 atom stereocenters. The fourth-order valence-electron chi connectivity index (χ4n) is 6.86. The van der Waals surface area contributed by atoms with E-state index in [2.05, 4.69) is 139 Å². The lowest BCUT2D eigenvalue weighted by Gasteiger charge is -2.27. The van der Waals surface area contributed by atoms with Crippen molar-refractivity contribution in [3.8, 4) is 17.1 Å². The minimum Gasteiger partial charge on any atom is -0.462 e. The molecule has 0 aliphatic rings. The van der Waals surface area contributed by atoms with Crippen LogP contribution in [0.1, 0.15) is 26.3 Å².